The summed E-state index contributed by atoms with van der Waals surface area (Å²) < 4.78 is 0. The van der Waals surface area contributed by atoms with Crippen molar-refractivity contribution in [1.82, 2.24) is 0 Å². The molecule has 0 unspecified atom stereocenters. The average Bonchev–Trinajstić information content (AvgIpc) is 2.45. The molecule has 0 saturated carbocycles. The second kappa shape index (κ2) is 11.0. The predicted octanol–water partition coefficient (Wildman–Crippen LogP) is 4.19. The molecule has 0 heterocycles. The molecule has 4 nitrogen and oxygen atoms in total. The first-order valence-corrected chi connectivity index (χ1v) is 7.59. The first-order chi connectivity index (χ1) is 11.1. The Kier molecular flexibility index (Phi) is 9.80. The molecule has 0 radical (unpaired) electrons. The van der Waals surface area contributed by atoms with Gasteiger partial charge in [-0.05, 0) is 51.5 Å². The molecule has 0 atom stereocenters. The van der Waals surface area contributed by atoms with Gasteiger partial charge in [0, 0.05) is 5.56 Å². The van der Waals surface area contributed by atoms with Crippen molar-refractivity contribution in [3.63, 3.8) is 0 Å². The number of ketones is 4. The van der Waals surface area contributed by atoms with Crippen molar-refractivity contribution >= 4 is 33.9 Å². The van der Waals surface area contributed by atoms with Gasteiger partial charge in [-0.1, -0.05) is 36.4 Å². The molecule has 0 aliphatic rings. The summed E-state index contributed by atoms with van der Waals surface area (Å²) in [6.45, 7) is 7.45. The van der Waals surface area contributed by atoms with Crippen LogP contribution in [-0.4, -0.2) is 23.1 Å². The van der Waals surface area contributed by atoms with Crippen molar-refractivity contribution < 1.29 is 19.2 Å². The van der Waals surface area contributed by atoms with Gasteiger partial charge in [-0.3, -0.25) is 14.4 Å². The van der Waals surface area contributed by atoms with Gasteiger partial charge in [0.15, 0.2) is 5.78 Å². The van der Waals surface area contributed by atoms with E-state index in [0.29, 0.717) is 0 Å². The lowest BCUT2D eigenvalue weighted by Crippen LogP contribution is -1.97. The van der Waals surface area contributed by atoms with Crippen LogP contribution in [0.2, 0.25) is 0 Å². The third kappa shape index (κ3) is 10.2. The van der Waals surface area contributed by atoms with Gasteiger partial charge < -0.3 is 4.79 Å². The highest BCUT2D eigenvalue weighted by molar-refractivity contribution is 5.98. The Hall–Kier alpha value is -2.62. The molecule has 0 amide bonds. The maximum Gasteiger partial charge on any atom is 0.159 e. The van der Waals surface area contributed by atoms with E-state index in [9.17, 15) is 19.2 Å². The van der Waals surface area contributed by atoms with E-state index in [1.165, 1.54) is 33.1 Å². The van der Waals surface area contributed by atoms with Crippen LogP contribution in [-0.2, 0) is 14.4 Å². The number of hydrogen-bond acceptors (Lipinski definition) is 4. The Balaban J connectivity index is 0.000000408. The third-order valence-electron chi connectivity index (χ3n) is 2.65. The van der Waals surface area contributed by atoms with Crippen LogP contribution in [0.3, 0.4) is 0 Å². The topological polar surface area (TPSA) is 68.3 Å². The predicted molar refractivity (Wildman–Crippen MR) is 96.3 cm³/mol. The second-order valence-electron chi connectivity index (χ2n) is 5.61. The van der Waals surface area contributed by atoms with Gasteiger partial charge in [0.05, 0.1) is 6.42 Å². The average molecular weight is 328 g/mol. The maximum absolute atomic E-state index is 11.1. The molecule has 0 aromatic heterocycles. The summed E-state index contributed by atoms with van der Waals surface area (Å²) >= 11 is 0. The molecule has 24 heavy (non-hydrogen) atoms. The number of benzene rings is 2. The lowest BCUT2D eigenvalue weighted by molar-refractivity contribution is -0.124. The number of fused-ring (bicyclic) bond motifs is 1. The maximum atomic E-state index is 11.1. The number of rotatable bonds is 3. The van der Waals surface area contributed by atoms with Crippen molar-refractivity contribution in [3.8, 4) is 0 Å². The highest BCUT2D eigenvalue weighted by Crippen LogP contribution is 2.15. The fourth-order valence-corrected chi connectivity index (χ4v) is 1.76. The van der Waals surface area contributed by atoms with Gasteiger partial charge in [-0.25, -0.2) is 0 Å². The summed E-state index contributed by atoms with van der Waals surface area (Å²) in [5, 5.41) is 2.29. The lowest BCUT2D eigenvalue weighted by Gasteiger charge is -1.99. The molecule has 2 rings (SSSR count). The number of carbonyl (C=O) groups excluding carboxylic acids is 4. The normalized spacial score (nSPS) is 9.04. The summed E-state index contributed by atoms with van der Waals surface area (Å²) in [7, 11) is 0. The van der Waals surface area contributed by atoms with Gasteiger partial charge in [-0.15, -0.1) is 0 Å². The Morgan fingerprint density at radius 2 is 1.17 bits per heavy atom. The van der Waals surface area contributed by atoms with E-state index in [0.717, 1.165) is 10.9 Å². The van der Waals surface area contributed by atoms with Gasteiger partial charge in [-0.2, -0.15) is 0 Å². The molecule has 0 fully saturated rings. The molecule has 0 bridgehead atoms. The van der Waals surface area contributed by atoms with E-state index in [-0.39, 0.29) is 29.6 Å². The van der Waals surface area contributed by atoms with E-state index in [4.69, 9.17) is 0 Å². The summed E-state index contributed by atoms with van der Waals surface area (Å²) in [5.74, 6) is 0.158. The molecule has 4 heteroatoms. The lowest BCUT2D eigenvalue weighted by atomic mass is 10.1. The van der Waals surface area contributed by atoms with Gasteiger partial charge in [0.2, 0.25) is 0 Å². The highest BCUT2D eigenvalue weighted by atomic mass is 16.1. The summed E-state index contributed by atoms with van der Waals surface area (Å²) in [6.07, 6.45) is 0.0833. The number of carbonyl (C=O) groups is 4. The molecular weight excluding hydrogens is 304 g/mol. The minimum absolute atomic E-state index is 0.0625. The molecule has 0 aliphatic carbocycles. The number of Topliss-reactive ketones (excluding diaryl/α,β-unsaturated/α-hetero) is 4. The minimum Gasteiger partial charge on any atom is -0.300 e. The van der Waals surface area contributed by atoms with Crippen LogP contribution in [0.4, 0.5) is 0 Å². The third-order valence-corrected chi connectivity index (χ3v) is 2.65. The minimum atomic E-state index is -0.0625. The first kappa shape index (κ1) is 21.4. The molecule has 0 spiro atoms. The smallest absolute Gasteiger partial charge is 0.159 e. The Morgan fingerprint density at radius 1 is 0.708 bits per heavy atom. The summed E-state index contributed by atoms with van der Waals surface area (Å²) in [4.78, 5) is 40.6. The zero-order valence-electron chi connectivity index (χ0n) is 14.9. The van der Waals surface area contributed by atoms with Crippen LogP contribution in [0.5, 0.6) is 0 Å². The van der Waals surface area contributed by atoms with Crippen LogP contribution < -0.4 is 0 Å². The van der Waals surface area contributed by atoms with Crippen molar-refractivity contribution in [2.24, 2.45) is 0 Å². The molecule has 2 aromatic rings. The SMILES string of the molecule is CC(=O)CC(C)=O.CC(=O)c1ccc2ccccc2c1.CC(C)=O. The molecule has 0 aliphatic heterocycles. The molecular formula is C20H24O4. The number of hydrogen-bond donors (Lipinski definition) is 0. The van der Waals surface area contributed by atoms with Crippen molar-refractivity contribution in [3.05, 3.63) is 48.0 Å². The van der Waals surface area contributed by atoms with Gasteiger partial charge in [0.25, 0.3) is 0 Å². The molecule has 2 aromatic carbocycles. The van der Waals surface area contributed by atoms with E-state index >= 15 is 0 Å². The van der Waals surface area contributed by atoms with Crippen molar-refractivity contribution in [2.45, 2.75) is 41.0 Å². The van der Waals surface area contributed by atoms with Crippen LogP contribution in [0.1, 0.15) is 51.4 Å². The summed E-state index contributed by atoms with van der Waals surface area (Å²) in [5.41, 5.74) is 0.777. The van der Waals surface area contributed by atoms with E-state index in [2.05, 4.69) is 0 Å². The van der Waals surface area contributed by atoms with Crippen LogP contribution >= 0.6 is 0 Å². The highest BCUT2D eigenvalue weighted by Gasteiger charge is 1.99. The second-order valence-corrected chi connectivity index (χ2v) is 5.61. The van der Waals surface area contributed by atoms with Crippen LogP contribution in [0.15, 0.2) is 42.5 Å². The molecule has 0 N–H and O–H groups in total. The summed E-state index contributed by atoms with van der Waals surface area (Å²) in [6, 6.07) is 13.8. The fraction of sp³-hybridized carbons (Fsp3) is 0.300. The molecule has 0 saturated heterocycles. The van der Waals surface area contributed by atoms with Crippen molar-refractivity contribution in [2.75, 3.05) is 0 Å². The molecule has 128 valence electrons. The van der Waals surface area contributed by atoms with Crippen LogP contribution in [0.25, 0.3) is 10.8 Å². The zero-order valence-corrected chi connectivity index (χ0v) is 14.9. The largest absolute Gasteiger partial charge is 0.300 e. The monoisotopic (exact) mass is 328 g/mol. The Labute approximate surface area is 142 Å². The first-order valence-electron chi connectivity index (χ1n) is 7.59. The van der Waals surface area contributed by atoms with E-state index in [1.807, 2.05) is 42.5 Å². The van der Waals surface area contributed by atoms with Crippen LogP contribution in [0, 0.1) is 0 Å². The Morgan fingerprint density at radius 3 is 1.54 bits per heavy atom. The van der Waals surface area contributed by atoms with E-state index < -0.39 is 0 Å². The fourth-order valence-electron chi connectivity index (χ4n) is 1.76. The zero-order chi connectivity index (χ0) is 18.7. The van der Waals surface area contributed by atoms with Gasteiger partial charge in [0.1, 0.15) is 17.3 Å². The van der Waals surface area contributed by atoms with Gasteiger partial charge >= 0.3 is 0 Å². The van der Waals surface area contributed by atoms with E-state index in [1.54, 1.807) is 6.92 Å². The standard InChI is InChI=1S/C12H10O.C5H8O2.C3H6O/c1-9(13)11-7-6-10-4-2-3-5-12(10)8-11;1-4(6)3-5(2)7;1-3(2)4/h2-8H,1H3;3H2,1-2H3;1-2H3. The van der Waals surface area contributed by atoms with Crippen molar-refractivity contribution in [1.29, 1.82) is 0 Å². The quantitative estimate of drug-likeness (QED) is 0.626. The Bertz CT molecular complexity index is 713.